The van der Waals surface area contributed by atoms with E-state index in [2.05, 4.69) is 39.2 Å². The number of likely N-dealkylation sites (N-methyl/N-ethyl adjacent to an activating group) is 1. The van der Waals surface area contributed by atoms with Crippen LogP contribution >= 0.6 is 0 Å². The van der Waals surface area contributed by atoms with Crippen molar-refractivity contribution in [1.29, 1.82) is 0 Å². The Morgan fingerprint density at radius 3 is 2.69 bits per heavy atom. The molecule has 1 aliphatic heterocycles. The molecule has 1 N–H and O–H groups in total. The molecule has 3 rings (SSSR count). The maximum absolute atomic E-state index is 12.1. The Morgan fingerprint density at radius 2 is 1.96 bits per heavy atom. The lowest BCUT2D eigenvalue weighted by molar-refractivity contribution is -0.121. The number of nitrogens with one attached hydrogen (secondary N) is 1. The van der Waals surface area contributed by atoms with Gasteiger partial charge in [0.25, 0.3) is 0 Å². The Hall–Kier alpha value is -1.47. The van der Waals surface area contributed by atoms with Gasteiger partial charge < -0.3 is 14.7 Å². The van der Waals surface area contributed by atoms with Crippen molar-refractivity contribution in [3.8, 4) is 0 Å². The molecular weight excluding hydrogens is 330 g/mol. The number of carbonyl (C=O) groups excluding carboxylic acids is 1. The third-order valence-electron chi connectivity index (χ3n) is 5.84. The van der Waals surface area contributed by atoms with E-state index in [1.165, 1.54) is 19.3 Å². The summed E-state index contributed by atoms with van der Waals surface area (Å²) in [6, 6.07) is 0.441. The van der Waals surface area contributed by atoms with E-state index in [-0.39, 0.29) is 5.91 Å². The van der Waals surface area contributed by atoms with Gasteiger partial charge in [0.05, 0.1) is 6.54 Å². The van der Waals surface area contributed by atoms with E-state index in [0.717, 1.165) is 51.3 Å². The Bertz CT molecular complexity index is 562. The highest BCUT2D eigenvalue weighted by atomic mass is 16.5. The molecule has 7 heteroatoms. The van der Waals surface area contributed by atoms with Crippen LogP contribution in [0.2, 0.25) is 0 Å². The molecule has 0 spiro atoms. The molecule has 0 aromatic carbocycles. The zero-order valence-electron chi connectivity index (χ0n) is 16.2. The minimum atomic E-state index is 0.0587. The fourth-order valence-electron chi connectivity index (χ4n) is 3.91. The Balaban J connectivity index is 1.35. The first-order valence-corrected chi connectivity index (χ1v) is 10.1. The molecule has 2 aliphatic rings. The van der Waals surface area contributed by atoms with E-state index in [4.69, 9.17) is 4.52 Å². The quantitative estimate of drug-likeness (QED) is 0.800. The highest BCUT2D eigenvalue weighted by molar-refractivity contribution is 5.75. The van der Waals surface area contributed by atoms with Crippen LogP contribution in [0.4, 0.5) is 0 Å². The molecule has 7 nitrogen and oxygen atoms in total. The van der Waals surface area contributed by atoms with E-state index < -0.39 is 0 Å². The number of piperazine rings is 1. The maximum Gasteiger partial charge on any atom is 0.246 e. The highest BCUT2D eigenvalue weighted by Crippen LogP contribution is 2.30. The second-order valence-electron chi connectivity index (χ2n) is 7.88. The molecule has 1 aromatic heterocycles. The third kappa shape index (κ3) is 5.51. The SMILES string of the molecule is C[C@@H](CCC(=O)NCc1nc(C2CCCCC2)no1)N1CCN(C)CC1. The van der Waals surface area contributed by atoms with Gasteiger partial charge >= 0.3 is 0 Å². The largest absolute Gasteiger partial charge is 0.347 e. The third-order valence-corrected chi connectivity index (χ3v) is 5.84. The predicted octanol–water partition coefficient (Wildman–Crippen LogP) is 2.15. The smallest absolute Gasteiger partial charge is 0.246 e. The summed E-state index contributed by atoms with van der Waals surface area (Å²) in [7, 11) is 2.16. The van der Waals surface area contributed by atoms with Gasteiger partial charge in [-0.05, 0) is 33.2 Å². The fourth-order valence-corrected chi connectivity index (χ4v) is 3.91. The molecule has 26 heavy (non-hydrogen) atoms. The van der Waals surface area contributed by atoms with Gasteiger partial charge in [0.1, 0.15) is 0 Å². The Labute approximate surface area is 156 Å². The monoisotopic (exact) mass is 363 g/mol. The van der Waals surface area contributed by atoms with Gasteiger partial charge in [-0.1, -0.05) is 24.4 Å². The molecule has 0 bridgehead atoms. The molecular formula is C19H33N5O2. The number of amides is 1. The number of carbonyl (C=O) groups is 1. The summed E-state index contributed by atoms with van der Waals surface area (Å²) in [5.74, 6) is 1.83. The summed E-state index contributed by atoms with van der Waals surface area (Å²) < 4.78 is 5.31. The van der Waals surface area contributed by atoms with Crippen LogP contribution in [-0.4, -0.2) is 65.1 Å². The first kappa shape index (κ1) is 19.3. The predicted molar refractivity (Wildman–Crippen MR) is 99.7 cm³/mol. The van der Waals surface area contributed by atoms with Gasteiger partial charge in [-0.2, -0.15) is 4.98 Å². The molecule has 1 aromatic rings. The Morgan fingerprint density at radius 1 is 1.23 bits per heavy atom. The second kappa shape index (κ2) is 9.46. The van der Waals surface area contributed by atoms with Crippen LogP contribution in [0.1, 0.15) is 69.5 Å². The normalized spacial score (nSPS) is 21.6. The number of aromatic nitrogens is 2. The van der Waals surface area contributed by atoms with Gasteiger partial charge in [0, 0.05) is 44.6 Å². The van der Waals surface area contributed by atoms with Crippen molar-refractivity contribution in [2.24, 2.45) is 0 Å². The lowest BCUT2D eigenvalue weighted by Gasteiger charge is -2.36. The molecule has 1 saturated carbocycles. The first-order valence-electron chi connectivity index (χ1n) is 10.1. The van der Waals surface area contributed by atoms with Crippen LogP contribution < -0.4 is 5.32 Å². The number of hydrogen-bond acceptors (Lipinski definition) is 6. The van der Waals surface area contributed by atoms with Gasteiger partial charge in [0.2, 0.25) is 11.8 Å². The number of hydrogen-bond donors (Lipinski definition) is 1. The van der Waals surface area contributed by atoms with Crippen LogP contribution in [0.15, 0.2) is 4.52 Å². The van der Waals surface area contributed by atoms with E-state index in [0.29, 0.717) is 30.8 Å². The molecule has 146 valence electrons. The fraction of sp³-hybridized carbons (Fsp3) is 0.842. The molecule has 0 radical (unpaired) electrons. The van der Waals surface area contributed by atoms with Crippen LogP contribution in [0.3, 0.4) is 0 Å². The molecule has 1 saturated heterocycles. The molecule has 1 amide bonds. The van der Waals surface area contributed by atoms with Crippen molar-refractivity contribution in [2.45, 2.75) is 70.4 Å². The average molecular weight is 364 g/mol. The van der Waals surface area contributed by atoms with Crippen molar-refractivity contribution in [1.82, 2.24) is 25.3 Å². The lowest BCUT2D eigenvalue weighted by Crippen LogP contribution is -2.48. The minimum Gasteiger partial charge on any atom is -0.347 e. The average Bonchev–Trinajstić information content (AvgIpc) is 3.15. The van der Waals surface area contributed by atoms with Crippen molar-refractivity contribution in [2.75, 3.05) is 33.2 Å². The standard InChI is InChI=1S/C19H33N5O2/c1-15(24-12-10-23(2)11-13-24)8-9-17(25)20-14-18-21-19(22-26-18)16-6-4-3-5-7-16/h15-16H,3-14H2,1-2H3,(H,20,25)/t15-/m0/s1. The van der Waals surface area contributed by atoms with Crippen LogP contribution in [0.25, 0.3) is 0 Å². The Kier molecular flexibility index (Phi) is 7.02. The summed E-state index contributed by atoms with van der Waals surface area (Å²) >= 11 is 0. The van der Waals surface area contributed by atoms with Gasteiger partial charge in [-0.15, -0.1) is 0 Å². The van der Waals surface area contributed by atoms with Crippen molar-refractivity contribution in [3.63, 3.8) is 0 Å². The van der Waals surface area contributed by atoms with E-state index in [1.807, 2.05) is 0 Å². The van der Waals surface area contributed by atoms with Crippen molar-refractivity contribution >= 4 is 5.91 Å². The number of rotatable bonds is 7. The molecule has 1 atom stereocenters. The van der Waals surface area contributed by atoms with Gasteiger partial charge in [-0.3, -0.25) is 9.69 Å². The van der Waals surface area contributed by atoms with Gasteiger partial charge in [-0.25, -0.2) is 0 Å². The summed E-state index contributed by atoms with van der Waals surface area (Å²) in [5, 5.41) is 7.03. The van der Waals surface area contributed by atoms with Crippen LogP contribution in [-0.2, 0) is 11.3 Å². The summed E-state index contributed by atoms with van der Waals surface area (Å²) in [5.41, 5.74) is 0. The maximum atomic E-state index is 12.1. The molecule has 1 aliphatic carbocycles. The number of nitrogens with zero attached hydrogens (tertiary/aromatic N) is 4. The van der Waals surface area contributed by atoms with Crippen LogP contribution in [0, 0.1) is 0 Å². The zero-order valence-corrected chi connectivity index (χ0v) is 16.2. The molecule has 2 fully saturated rings. The first-order chi connectivity index (χ1) is 12.6. The zero-order chi connectivity index (χ0) is 18.4. The molecule has 0 unspecified atom stereocenters. The highest BCUT2D eigenvalue weighted by Gasteiger charge is 2.22. The van der Waals surface area contributed by atoms with E-state index in [9.17, 15) is 4.79 Å². The van der Waals surface area contributed by atoms with E-state index in [1.54, 1.807) is 0 Å². The van der Waals surface area contributed by atoms with Crippen LogP contribution in [0.5, 0.6) is 0 Å². The molecule has 2 heterocycles. The topological polar surface area (TPSA) is 74.5 Å². The van der Waals surface area contributed by atoms with Gasteiger partial charge in [0.15, 0.2) is 5.82 Å². The summed E-state index contributed by atoms with van der Waals surface area (Å²) in [6.45, 7) is 6.94. The van der Waals surface area contributed by atoms with E-state index >= 15 is 0 Å². The van der Waals surface area contributed by atoms with Crippen molar-refractivity contribution in [3.05, 3.63) is 11.7 Å². The lowest BCUT2D eigenvalue weighted by atomic mass is 9.89. The summed E-state index contributed by atoms with van der Waals surface area (Å²) in [4.78, 5) is 21.4. The second-order valence-corrected chi connectivity index (χ2v) is 7.88. The summed E-state index contributed by atoms with van der Waals surface area (Å²) in [6.07, 6.45) is 7.52. The minimum absolute atomic E-state index is 0.0587. The van der Waals surface area contributed by atoms with Crippen molar-refractivity contribution < 1.29 is 9.32 Å².